The monoisotopic (exact) mass is 250 g/mol. The molecule has 0 aliphatic rings. The van der Waals surface area contributed by atoms with Crippen LogP contribution in [0.5, 0.6) is 0 Å². The molecule has 82 valence electrons. The maximum absolute atomic E-state index is 10.6. The maximum Gasteiger partial charge on any atom is 0.337 e. The van der Waals surface area contributed by atoms with E-state index in [4.69, 9.17) is 21.8 Å². The van der Waals surface area contributed by atoms with E-state index in [2.05, 4.69) is 0 Å². The molecule has 0 saturated carbocycles. The zero-order valence-corrected chi connectivity index (χ0v) is 9.22. The Kier molecular flexibility index (Phi) is 4.58. The van der Waals surface area contributed by atoms with Crippen molar-refractivity contribution >= 4 is 35.9 Å². The quantitative estimate of drug-likeness (QED) is 0.846. The van der Waals surface area contributed by atoms with Crippen molar-refractivity contribution in [3.63, 3.8) is 0 Å². The molecule has 0 amide bonds. The molecule has 1 rings (SSSR count). The Hall–Kier alpha value is -1.26. The van der Waals surface area contributed by atoms with Crippen LogP contribution in [-0.2, 0) is 0 Å². The van der Waals surface area contributed by atoms with Crippen molar-refractivity contribution in [2.45, 2.75) is 6.92 Å². The molecule has 0 unspecified atom stereocenters. The summed E-state index contributed by atoms with van der Waals surface area (Å²) in [6.45, 7) is 1.52. The molecule has 6 heteroatoms. The predicted molar refractivity (Wildman–Crippen MR) is 57.4 cm³/mol. The van der Waals surface area contributed by atoms with Gasteiger partial charge in [-0.25, -0.2) is 9.59 Å². The first-order valence-electron chi connectivity index (χ1n) is 3.70. The molecule has 0 aromatic heterocycles. The second-order valence-electron chi connectivity index (χ2n) is 2.76. The molecule has 1 aromatic rings. The topological polar surface area (TPSA) is 74.6 Å². The Bertz CT molecular complexity index is 375. The van der Waals surface area contributed by atoms with Crippen LogP contribution in [0, 0.1) is 6.92 Å². The average molecular weight is 251 g/mol. The van der Waals surface area contributed by atoms with Crippen molar-refractivity contribution < 1.29 is 19.8 Å². The van der Waals surface area contributed by atoms with E-state index in [0.29, 0.717) is 5.56 Å². The molecular formula is C9H8Cl2O4. The van der Waals surface area contributed by atoms with Gasteiger partial charge in [0.15, 0.2) is 0 Å². The summed E-state index contributed by atoms with van der Waals surface area (Å²) >= 11 is 5.60. The second-order valence-corrected chi connectivity index (χ2v) is 3.16. The van der Waals surface area contributed by atoms with Gasteiger partial charge in [0.05, 0.1) is 16.1 Å². The molecule has 0 heterocycles. The average Bonchev–Trinajstić information content (AvgIpc) is 2.07. The van der Waals surface area contributed by atoms with Gasteiger partial charge in [0, 0.05) is 0 Å². The second kappa shape index (κ2) is 5.00. The fourth-order valence-electron chi connectivity index (χ4n) is 1.08. The van der Waals surface area contributed by atoms with Crippen LogP contribution >= 0.6 is 24.0 Å². The largest absolute Gasteiger partial charge is 0.478 e. The number of rotatable bonds is 2. The van der Waals surface area contributed by atoms with E-state index in [0.717, 1.165) is 6.07 Å². The van der Waals surface area contributed by atoms with Crippen LogP contribution < -0.4 is 0 Å². The van der Waals surface area contributed by atoms with Gasteiger partial charge in [-0.2, -0.15) is 0 Å². The van der Waals surface area contributed by atoms with Crippen LogP contribution in [0.2, 0.25) is 5.02 Å². The number of carboxylic acid groups (broad SMARTS) is 2. The molecular weight excluding hydrogens is 243 g/mol. The lowest BCUT2D eigenvalue weighted by Crippen LogP contribution is -2.04. The van der Waals surface area contributed by atoms with E-state index in [1.54, 1.807) is 0 Å². The SMILES string of the molecule is Cc1cc(C(=O)O)c(Cl)cc1C(=O)O.Cl. The van der Waals surface area contributed by atoms with Crippen LogP contribution in [0.4, 0.5) is 0 Å². The van der Waals surface area contributed by atoms with E-state index in [1.807, 2.05) is 0 Å². The molecule has 0 spiro atoms. The Morgan fingerprint density at radius 3 is 2.00 bits per heavy atom. The molecule has 0 fully saturated rings. The summed E-state index contributed by atoms with van der Waals surface area (Å²) in [6.07, 6.45) is 0. The molecule has 0 aliphatic heterocycles. The van der Waals surface area contributed by atoms with Crippen molar-refractivity contribution in [3.8, 4) is 0 Å². The summed E-state index contributed by atoms with van der Waals surface area (Å²) in [5.41, 5.74) is 0.300. The molecule has 0 saturated heterocycles. The summed E-state index contributed by atoms with van der Waals surface area (Å²) in [5.74, 6) is -2.30. The Labute approximate surface area is 96.9 Å². The first-order valence-corrected chi connectivity index (χ1v) is 4.08. The Balaban J connectivity index is 0.00000196. The predicted octanol–water partition coefficient (Wildman–Crippen LogP) is 2.47. The van der Waals surface area contributed by atoms with Crippen molar-refractivity contribution in [1.29, 1.82) is 0 Å². The van der Waals surface area contributed by atoms with Gasteiger partial charge in [0.25, 0.3) is 0 Å². The van der Waals surface area contributed by atoms with E-state index >= 15 is 0 Å². The number of hydrogen-bond donors (Lipinski definition) is 2. The van der Waals surface area contributed by atoms with Crippen molar-refractivity contribution in [2.75, 3.05) is 0 Å². The molecule has 0 bridgehead atoms. The minimum absolute atomic E-state index is 0. The maximum atomic E-state index is 10.6. The van der Waals surface area contributed by atoms with Gasteiger partial charge in [0.1, 0.15) is 0 Å². The third-order valence-electron chi connectivity index (χ3n) is 1.77. The van der Waals surface area contributed by atoms with Crippen LogP contribution in [0.15, 0.2) is 12.1 Å². The van der Waals surface area contributed by atoms with Gasteiger partial charge in [-0.1, -0.05) is 11.6 Å². The van der Waals surface area contributed by atoms with Gasteiger partial charge in [-0.05, 0) is 24.6 Å². The number of carbonyl (C=O) groups is 2. The first-order chi connectivity index (χ1) is 6.43. The van der Waals surface area contributed by atoms with Crippen molar-refractivity contribution in [2.24, 2.45) is 0 Å². The number of carboxylic acids is 2. The molecule has 2 N–H and O–H groups in total. The van der Waals surface area contributed by atoms with E-state index < -0.39 is 11.9 Å². The smallest absolute Gasteiger partial charge is 0.337 e. The summed E-state index contributed by atoms with van der Waals surface area (Å²) in [5, 5.41) is 17.3. The molecule has 4 nitrogen and oxygen atoms in total. The third-order valence-corrected chi connectivity index (χ3v) is 2.09. The van der Waals surface area contributed by atoms with Crippen LogP contribution in [0.1, 0.15) is 26.3 Å². The summed E-state index contributed by atoms with van der Waals surface area (Å²) in [7, 11) is 0. The number of halogens is 2. The van der Waals surface area contributed by atoms with Crippen LogP contribution in [0.3, 0.4) is 0 Å². The fourth-order valence-corrected chi connectivity index (χ4v) is 1.32. The standard InChI is InChI=1S/C9H7ClO4.ClH/c1-4-2-6(9(13)14)7(10)3-5(4)8(11)12;/h2-3H,1H3,(H,11,12)(H,13,14);1H. The van der Waals surface area contributed by atoms with Crippen LogP contribution in [0.25, 0.3) is 0 Å². The lowest BCUT2D eigenvalue weighted by atomic mass is 10.1. The first kappa shape index (κ1) is 13.7. The third kappa shape index (κ3) is 2.84. The van der Waals surface area contributed by atoms with Gasteiger partial charge in [0.2, 0.25) is 0 Å². The van der Waals surface area contributed by atoms with Crippen molar-refractivity contribution in [1.82, 2.24) is 0 Å². The summed E-state index contributed by atoms with van der Waals surface area (Å²) in [4.78, 5) is 21.3. The Morgan fingerprint density at radius 1 is 1.13 bits per heavy atom. The normalized spacial score (nSPS) is 9.20. The van der Waals surface area contributed by atoms with Crippen LogP contribution in [-0.4, -0.2) is 22.2 Å². The molecule has 0 radical (unpaired) electrons. The highest BCUT2D eigenvalue weighted by molar-refractivity contribution is 6.33. The number of aryl methyl sites for hydroxylation is 1. The number of benzene rings is 1. The number of hydrogen-bond acceptors (Lipinski definition) is 2. The lowest BCUT2D eigenvalue weighted by molar-refractivity contribution is 0.0680. The molecule has 15 heavy (non-hydrogen) atoms. The van der Waals surface area contributed by atoms with Gasteiger partial charge < -0.3 is 10.2 Å². The van der Waals surface area contributed by atoms with E-state index in [1.165, 1.54) is 13.0 Å². The van der Waals surface area contributed by atoms with E-state index in [9.17, 15) is 9.59 Å². The fraction of sp³-hybridized carbons (Fsp3) is 0.111. The van der Waals surface area contributed by atoms with Gasteiger partial charge in [-0.3, -0.25) is 0 Å². The highest BCUT2D eigenvalue weighted by atomic mass is 35.5. The number of aromatic carboxylic acids is 2. The zero-order valence-electron chi connectivity index (χ0n) is 7.65. The lowest BCUT2D eigenvalue weighted by Gasteiger charge is -2.04. The highest BCUT2D eigenvalue weighted by Gasteiger charge is 2.14. The summed E-state index contributed by atoms with van der Waals surface area (Å²) in [6, 6.07) is 2.39. The molecule has 1 aromatic carbocycles. The summed E-state index contributed by atoms with van der Waals surface area (Å²) < 4.78 is 0. The Morgan fingerprint density at radius 2 is 1.60 bits per heavy atom. The van der Waals surface area contributed by atoms with Gasteiger partial charge >= 0.3 is 11.9 Å². The zero-order chi connectivity index (χ0) is 10.9. The van der Waals surface area contributed by atoms with E-state index in [-0.39, 0.29) is 28.6 Å². The van der Waals surface area contributed by atoms with Crippen molar-refractivity contribution in [3.05, 3.63) is 33.8 Å². The highest BCUT2D eigenvalue weighted by Crippen LogP contribution is 2.21. The molecule has 0 aliphatic carbocycles. The van der Waals surface area contributed by atoms with Gasteiger partial charge in [-0.15, -0.1) is 12.4 Å². The minimum atomic E-state index is -1.17. The minimum Gasteiger partial charge on any atom is -0.478 e. The molecule has 0 atom stereocenters.